The summed E-state index contributed by atoms with van der Waals surface area (Å²) < 4.78 is 65.9. The van der Waals surface area contributed by atoms with Crippen molar-refractivity contribution >= 4 is 0 Å². The molecular weight excluding hydrogens is 779 g/mol. The number of nitrogens with zero attached hydrogens (tertiary/aromatic N) is 3. The number of fused-ring (bicyclic) bond motifs is 1. The van der Waals surface area contributed by atoms with Crippen molar-refractivity contribution in [2.45, 2.75) is 94.1 Å². The Morgan fingerprint density at radius 3 is 1.62 bits per heavy atom. The number of ether oxygens (including phenoxy) is 10. The third kappa shape index (κ3) is 11.1. The van der Waals surface area contributed by atoms with Crippen molar-refractivity contribution in [2.75, 3.05) is 20.3 Å². The summed E-state index contributed by atoms with van der Waals surface area (Å²) in [6, 6.07) is 48.0. The second-order valence-electron chi connectivity index (χ2n) is 15.1. The van der Waals surface area contributed by atoms with Gasteiger partial charge in [-0.25, -0.2) is 0 Å². The molecule has 0 N–H and O–H groups in total. The van der Waals surface area contributed by atoms with Gasteiger partial charge in [-0.1, -0.05) is 157 Å². The van der Waals surface area contributed by atoms with E-state index in [0.29, 0.717) is 6.61 Å². The fraction of sp³-hybridized carbons (Fsp3) is 0.375. The molecule has 318 valence electrons. The minimum absolute atomic E-state index is 0.140. The van der Waals surface area contributed by atoms with Crippen LogP contribution in [-0.2, 0) is 73.8 Å². The van der Waals surface area contributed by atoms with Gasteiger partial charge in [0.25, 0.3) is 0 Å². The fourth-order valence-electron chi connectivity index (χ4n) is 7.88. The van der Waals surface area contributed by atoms with Crippen LogP contribution < -0.4 is 0 Å². The van der Waals surface area contributed by atoms with Crippen LogP contribution in [-0.4, -0.2) is 81.7 Å². The SMILES string of the molecule is CO[C@H]1O[C@H](COCc2ccccc2)[C@H](OCc2ccccc2)[C@H](O[C@@H]2O[C@@H]3COC(c4ccccc4)O[C@H]3[C@H](OCc3ccccc3)[C@@H]2N=[N+]=[N-])[C@H]1OCc1ccccc1. The highest BCUT2D eigenvalue weighted by molar-refractivity contribution is 5.19. The van der Waals surface area contributed by atoms with Gasteiger partial charge >= 0.3 is 0 Å². The van der Waals surface area contributed by atoms with Crippen LogP contribution in [0.4, 0.5) is 0 Å². The zero-order valence-electron chi connectivity index (χ0n) is 34.0. The molecule has 0 radical (unpaired) electrons. The summed E-state index contributed by atoms with van der Waals surface area (Å²) in [5.74, 6) is 0. The molecule has 8 rings (SSSR count). The lowest BCUT2D eigenvalue weighted by atomic mass is 9.94. The van der Waals surface area contributed by atoms with E-state index in [2.05, 4.69) is 10.0 Å². The van der Waals surface area contributed by atoms with Crippen LogP contribution in [0.3, 0.4) is 0 Å². The summed E-state index contributed by atoms with van der Waals surface area (Å²) in [6.45, 7) is 1.31. The minimum atomic E-state index is -1.17. The molecule has 0 saturated carbocycles. The number of rotatable bonds is 18. The first kappa shape index (κ1) is 42.7. The smallest absolute Gasteiger partial charge is 0.186 e. The fourth-order valence-corrected chi connectivity index (χ4v) is 7.88. The number of methoxy groups -OCH3 is 1. The third-order valence-electron chi connectivity index (χ3n) is 10.9. The predicted octanol–water partition coefficient (Wildman–Crippen LogP) is 8.23. The molecule has 3 aliphatic rings. The molecule has 5 aromatic carbocycles. The molecule has 0 aliphatic carbocycles. The van der Waals surface area contributed by atoms with Crippen LogP contribution in [0.15, 0.2) is 157 Å². The van der Waals surface area contributed by atoms with Crippen molar-refractivity contribution < 1.29 is 47.4 Å². The lowest BCUT2D eigenvalue weighted by Gasteiger charge is -2.51. The van der Waals surface area contributed by atoms with E-state index in [0.717, 1.165) is 27.8 Å². The van der Waals surface area contributed by atoms with Crippen molar-refractivity contribution in [3.8, 4) is 0 Å². The van der Waals surface area contributed by atoms with E-state index >= 15 is 0 Å². The first-order valence-electron chi connectivity index (χ1n) is 20.6. The summed E-state index contributed by atoms with van der Waals surface area (Å²) in [4.78, 5) is 3.29. The van der Waals surface area contributed by atoms with Gasteiger partial charge in [0.1, 0.15) is 48.8 Å². The maximum absolute atomic E-state index is 10.1. The quantitative estimate of drug-likeness (QED) is 0.0482. The third-order valence-corrected chi connectivity index (χ3v) is 10.9. The summed E-state index contributed by atoms with van der Waals surface area (Å²) >= 11 is 0. The van der Waals surface area contributed by atoms with Gasteiger partial charge in [0.2, 0.25) is 0 Å². The predicted molar refractivity (Wildman–Crippen MR) is 223 cm³/mol. The average Bonchev–Trinajstić information content (AvgIpc) is 3.32. The Bertz CT molecular complexity index is 2080. The van der Waals surface area contributed by atoms with Crippen LogP contribution in [0.1, 0.15) is 34.1 Å². The van der Waals surface area contributed by atoms with Crippen LogP contribution >= 0.6 is 0 Å². The topological polar surface area (TPSA) is 141 Å². The highest BCUT2D eigenvalue weighted by Gasteiger charge is 2.55. The van der Waals surface area contributed by atoms with Gasteiger partial charge < -0.3 is 47.4 Å². The van der Waals surface area contributed by atoms with Crippen molar-refractivity contribution in [1.82, 2.24) is 0 Å². The maximum atomic E-state index is 10.1. The zero-order chi connectivity index (χ0) is 41.6. The molecule has 5 aromatic rings. The zero-order valence-corrected chi connectivity index (χ0v) is 34.0. The molecule has 3 fully saturated rings. The Kier molecular flexibility index (Phi) is 15.2. The number of benzene rings is 5. The van der Waals surface area contributed by atoms with E-state index < -0.39 is 67.6 Å². The molecule has 3 saturated heterocycles. The molecule has 13 nitrogen and oxygen atoms in total. The van der Waals surface area contributed by atoms with Crippen LogP contribution in [0.5, 0.6) is 0 Å². The molecule has 0 aromatic heterocycles. The molecule has 13 heteroatoms. The van der Waals surface area contributed by atoms with Gasteiger partial charge in [0.05, 0.1) is 39.6 Å². The van der Waals surface area contributed by atoms with E-state index in [-0.39, 0.29) is 33.0 Å². The number of hydrogen-bond donors (Lipinski definition) is 0. The Labute approximate surface area is 355 Å². The van der Waals surface area contributed by atoms with Crippen molar-refractivity contribution in [1.29, 1.82) is 0 Å². The molecule has 3 heterocycles. The summed E-state index contributed by atoms with van der Waals surface area (Å²) in [7, 11) is 1.56. The number of azide groups is 1. The highest BCUT2D eigenvalue weighted by Crippen LogP contribution is 2.39. The van der Waals surface area contributed by atoms with Crippen LogP contribution in [0, 0.1) is 0 Å². The summed E-state index contributed by atoms with van der Waals surface area (Å²) in [5.41, 5.74) is 14.8. The van der Waals surface area contributed by atoms with Gasteiger partial charge in [-0.2, -0.15) is 0 Å². The normalized spacial score (nSPS) is 28.6. The van der Waals surface area contributed by atoms with Crippen LogP contribution in [0.2, 0.25) is 0 Å². The van der Waals surface area contributed by atoms with E-state index in [1.54, 1.807) is 7.11 Å². The van der Waals surface area contributed by atoms with E-state index in [1.807, 2.05) is 152 Å². The summed E-state index contributed by atoms with van der Waals surface area (Å²) in [5, 5.41) is 4.31. The first-order valence-corrected chi connectivity index (χ1v) is 20.6. The van der Waals surface area contributed by atoms with Gasteiger partial charge in [-0.3, -0.25) is 0 Å². The molecular formula is C48H51N3O10. The molecule has 0 amide bonds. The van der Waals surface area contributed by atoms with Gasteiger partial charge in [-0.15, -0.1) is 0 Å². The molecule has 1 unspecified atom stereocenters. The van der Waals surface area contributed by atoms with Gasteiger partial charge in [-0.05, 0) is 27.8 Å². The van der Waals surface area contributed by atoms with E-state index in [9.17, 15) is 5.53 Å². The number of hydrogen-bond acceptors (Lipinski definition) is 11. The van der Waals surface area contributed by atoms with Crippen molar-refractivity contribution in [3.05, 3.63) is 190 Å². The Morgan fingerprint density at radius 2 is 1.08 bits per heavy atom. The lowest BCUT2D eigenvalue weighted by molar-refractivity contribution is -0.378. The second kappa shape index (κ2) is 21.7. The maximum Gasteiger partial charge on any atom is 0.186 e. The van der Waals surface area contributed by atoms with E-state index in [1.165, 1.54) is 0 Å². The van der Waals surface area contributed by atoms with Gasteiger partial charge in [0.15, 0.2) is 18.9 Å². The second-order valence-corrected chi connectivity index (χ2v) is 15.1. The molecule has 11 atom stereocenters. The monoisotopic (exact) mass is 829 g/mol. The Hall–Kier alpha value is -4.99. The van der Waals surface area contributed by atoms with Gasteiger partial charge in [0, 0.05) is 17.6 Å². The Morgan fingerprint density at radius 1 is 0.574 bits per heavy atom. The standard InChI is InChI=1S/C48H51N3O10/c1-52-48-45(56-30-36-23-13-5-14-24-36)44(41(54-28-34-19-9-3-10-20-34)38(59-48)31-53-27-33-17-7-2-8-18-33)61-47-40(50-51-49)43(55-29-35-21-11-4-12-22-35)42-39(58-47)32-57-46(60-42)37-25-15-6-16-26-37/h2-26,38-48H,27-32H2,1H3/t38-,39-,40+,41+,42-,43-,44+,45-,46?,47+,48+/m1/s1. The molecule has 0 bridgehead atoms. The van der Waals surface area contributed by atoms with Crippen molar-refractivity contribution in [2.24, 2.45) is 5.11 Å². The van der Waals surface area contributed by atoms with Crippen LogP contribution in [0.25, 0.3) is 10.4 Å². The molecule has 3 aliphatic heterocycles. The summed E-state index contributed by atoms with van der Waals surface area (Å²) in [6.07, 6.45) is -8.18. The highest BCUT2D eigenvalue weighted by atomic mass is 16.8. The molecule has 0 spiro atoms. The first-order chi connectivity index (χ1) is 30.2. The average molecular weight is 830 g/mol. The van der Waals surface area contributed by atoms with Crippen molar-refractivity contribution in [3.63, 3.8) is 0 Å². The lowest BCUT2D eigenvalue weighted by Crippen LogP contribution is -2.66. The Balaban J connectivity index is 1.13. The van der Waals surface area contributed by atoms with E-state index in [4.69, 9.17) is 47.4 Å². The molecule has 61 heavy (non-hydrogen) atoms. The largest absolute Gasteiger partial charge is 0.374 e. The minimum Gasteiger partial charge on any atom is -0.374 e.